The van der Waals surface area contributed by atoms with Gasteiger partial charge in [0.15, 0.2) is 0 Å². The number of nitrogens with one attached hydrogen (secondary N) is 1. The summed E-state index contributed by atoms with van der Waals surface area (Å²) in [6, 6.07) is 9.87. The minimum atomic E-state index is 0.784. The van der Waals surface area contributed by atoms with Crippen molar-refractivity contribution in [3.05, 3.63) is 53.3 Å². The zero-order valence-corrected chi connectivity index (χ0v) is 10.1. The maximum Gasteiger partial charge on any atom is 0.0510 e. The number of aryl methyl sites for hydroxylation is 1. The predicted molar refractivity (Wildman–Crippen MR) is 71.3 cm³/mol. The van der Waals surface area contributed by atoms with Crippen LogP contribution in [0.3, 0.4) is 0 Å². The Bertz CT molecular complexity index is 671. The first-order valence-electron chi connectivity index (χ1n) is 5.44. The van der Waals surface area contributed by atoms with E-state index in [1.54, 1.807) is 6.20 Å². The maximum absolute atomic E-state index is 6.23. The molecule has 0 aliphatic carbocycles. The van der Waals surface area contributed by atoms with Crippen molar-refractivity contribution in [2.24, 2.45) is 0 Å². The van der Waals surface area contributed by atoms with E-state index in [9.17, 15) is 0 Å². The highest BCUT2D eigenvalue weighted by atomic mass is 35.5. The molecule has 84 valence electrons. The molecular weight excluding hydrogens is 232 g/mol. The van der Waals surface area contributed by atoms with E-state index in [2.05, 4.69) is 16.9 Å². The lowest BCUT2D eigenvalue weighted by molar-refractivity contribution is 1.30. The number of aromatic nitrogens is 2. The average molecular weight is 243 g/mol. The minimum Gasteiger partial charge on any atom is -0.354 e. The van der Waals surface area contributed by atoms with Gasteiger partial charge < -0.3 is 4.98 Å². The fraction of sp³-hybridized carbons (Fsp3) is 0.0714. The Labute approximate surface area is 104 Å². The third kappa shape index (κ3) is 1.61. The Kier molecular flexibility index (Phi) is 2.37. The normalized spacial score (nSPS) is 10.9. The second kappa shape index (κ2) is 3.90. The smallest absolute Gasteiger partial charge is 0.0510 e. The number of pyridine rings is 1. The highest BCUT2D eigenvalue weighted by Gasteiger charge is 2.11. The molecule has 0 amide bonds. The van der Waals surface area contributed by atoms with Crippen molar-refractivity contribution in [3.63, 3.8) is 0 Å². The molecule has 0 saturated heterocycles. The molecular formula is C14H11ClN2. The van der Waals surface area contributed by atoms with Crippen molar-refractivity contribution < 1.29 is 0 Å². The summed E-state index contributed by atoms with van der Waals surface area (Å²) in [6.45, 7) is 2.08. The second-order valence-electron chi connectivity index (χ2n) is 4.03. The molecule has 0 radical (unpaired) electrons. The summed E-state index contributed by atoms with van der Waals surface area (Å²) < 4.78 is 0. The van der Waals surface area contributed by atoms with Gasteiger partial charge in [-0.15, -0.1) is 0 Å². The van der Waals surface area contributed by atoms with Gasteiger partial charge >= 0.3 is 0 Å². The summed E-state index contributed by atoms with van der Waals surface area (Å²) in [7, 11) is 0. The number of rotatable bonds is 1. The SMILES string of the molecule is Cc1c(-c2cccnc2)[nH]c2cccc(Cl)c12. The number of halogens is 1. The van der Waals surface area contributed by atoms with Crippen LogP contribution in [0, 0.1) is 6.92 Å². The zero-order chi connectivity index (χ0) is 11.8. The first-order chi connectivity index (χ1) is 8.27. The van der Waals surface area contributed by atoms with Crippen molar-refractivity contribution in [1.29, 1.82) is 0 Å². The van der Waals surface area contributed by atoms with Crippen LogP contribution >= 0.6 is 11.6 Å². The molecule has 17 heavy (non-hydrogen) atoms. The molecule has 0 aliphatic rings. The standard InChI is InChI=1S/C14H11ClN2/c1-9-13-11(15)5-2-6-12(13)17-14(9)10-4-3-7-16-8-10/h2-8,17H,1H3. The van der Waals surface area contributed by atoms with Crippen LogP contribution in [-0.4, -0.2) is 9.97 Å². The molecule has 2 nitrogen and oxygen atoms in total. The van der Waals surface area contributed by atoms with Gasteiger partial charge in [0.05, 0.1) is 10.7 Å². The lowest BCUT2D eigenvalue weighted by atomic mass is 10.1. The van der Waals surface area contributed by atoms with Crippen molar-refractivity contribution in [2.45, 2.75) is 6.92 Å². The molecule has 1 aromatic carbocycles. The molecule has 3 rings (SSSR count). The summed E-state index contributed by atoms with van der Waals surface area (Å²) in [6.07, 6.45) is 3.63. The maximum atomic E-state index is 6.23. The van der Waals surface area contributed by atoms with Crippen LogP contribution in [0.4, 0.5) is 0 Å². The van der Waals surface area contributed by atoms with Gasteiger partial charge in [0.1, 0.15) is 0 Å². The average Bonchev–Trinajstić information content (AvgIpc) is 2.69. The number of aromatic amines is 1. The molecule has 3 aromatic rings. The van der Waals surface area contributed by atoms with Crippen LogP contribution < -0.4 is 0 Å². The Hall–Kier alpha value is -1.80. The Balaban J connectivity index is 2.33. The molecule has 0 fully saturated rings. The van der Waals surface area contributed by atoms with E-state index in [0.29, 0.717) is 0 Å². The molecule has 0 bridgehead atoms. The van der Waals surface area contributed by atoms with Gasteiger partial charge in [0, 0.05) is 28.9 Å². The van der Waals surface area contributed by atoms with Crippen LogP contribution in [-0.2, 0) is 0 Å². The van der Waals surface area contributed by atoms with Crippen LogP contribution in [0.2, 0.25) is 5.02 Å². The van der Waals surface area contributed by atoms with E-state index in [1.165, 1.54) is 5.56 Å². The zero-order valence-electron chi connectivity index (χ0n) is 9.37. The summed E-state index contributed by atoms with van der Waals surface area (Å²) >= 11 is 6.23. The number of benzene rings is 1. The van der Waals surface area contributed by atoms with Crippen molar-refractivity contribution in [1.82, 2.24) is 9.97 Å². The Morgan fingerprint density at radius 3 is 2.76 bits per heavy atom. The molecule has 0 unspecified atom stereocenters. The topological polar surface area (TPSA) is 28.7 Å². The van der Waals surface area contributed by atoms with E-state index < -0.39 is 0 Å². The fourth-order valence-corrected chi connectivity index (χ4v) is 2.48. The molecule has 2 heterocycles. The number of fused-ring (bicyclic) bond motifs is 1. The van der Waals surface area contributed by atoms with Gasteiger partial charge in [-0.2, -0.15) is 0 Å². The van der Waals surface area contributed by atoms with Crippen LogP contribution in [0.5, 0.6) is 0 Å². The summed E-state index contributed by atoms with van der Waals surface area (Å²) in [5.74, 6) is 0. The Morgan fingerprint density at radius 1 is 1.18 bits per heavy atom. The summed E-state index contributed by atoms with van der Waals surface area (Å²) in [4.78, 5) is 7.54. The Morgan fingerprint density at radius 2 is 2.06 bits per heavy atom. The molecule has 0 aliphatic heterocycles. The number of hydrogen-bond donors (Lipinski definition) is 1. The third-order valence-corrected chi connectivity index (χ3v) is 3.29. The third-order valence-electron chi connectivity index (χ3n) is 2.97. The number of H-pyrrole nitrogens is 1. The van der Waals surface area contributed by atoms with Gasteiger partial charge in [-0.3, -0.25) is 4.98 Å². The molecule has 0 saturated carbocycles. The largest absolute Gasteiger partial charge is 0.354 e. The first kappa shape index (κ1) is 10.4. The fourth-order valence-electron chi connectivity index (χ4n) is 2.16. The van der Waals surface area contributed by atoms with Crippen molar-refractivity contribution >= 4 is 22.5 Å². The molecule has 0 atom stereocenters. The quantitative estimate of drug-likeness (QED) is 0.681. The monoisotopic (exact) mass is 242 g/mol. The van der Waals surface area contributed by atoms with Gasteiger partial charge in [-0.25, -0.2) is 0 Å². The van der Waals surface area contributed by atoms with E-state index in [1.807, 2.05) is 36.5 Å². The van der Waals surface area contributed by atoms with Gasteiger partial charge in [-0.05, 0) is 36.8 Å². The summed E-state index contributed by atoms with van der Waals surface area (Å²) in [5, 5.41) is 1.87. The van der Waals surface area contributed by atoms with E-state index in [4.69, 9.17) is 11.6 Å². The highest BCUT2D eigenvalue weighted by molar-refractivity contribution is 6.35. The minimum absolute atomic E-state index is 0.784. The first-order valence-corrected chi connectivity index (χ1v) is 5.82. The van der Waals surface area contributed by atoms with E-state index in [0.717, 1.165) is 27.2 Å². The van der Waals surface area contributed by atoms with Gasteiger partial charge in [0.25, 0.3) is 0 Å². The molecule has 2 aromatic heterocycles. The van der Waals surface area contributed by atoms with Gasteiger partial charge in [0.2, 0.25) is 0 Å². The van der Waals surface area contributed by atoms with E-state index >= 15 is 0 Å². The second-order valence-corrected chi connectivity index (χ2v) is 4.44. The van der Waals surface area contributed by atoms with E-state index in [-0.39, 0.29) is 0 Å². The van der Waals surface area contributed by atoms with Crippen molar-refractivity contribution in [2.75, 3.05) is 0 Å². The van der Waals surface area contributed by atoms with Crippen LogP contribution in [0.15, 0.2) is 42.7 Å². The van der Waals surface area contributed by atoms with Gasteiger partial charge in [-0.1, -0.05) is 17.7 Å². The predicted octanol–water partition coefficient (Wildman–Crippen LogP) is 4.19. The van der Waals surface area contributed by atoms with Crippen LogP contribution in [0.1, 0.15) is 5.56 Å². The van der Waals surface area contributed by atoms with Crippen LogP contribution in [0.25, 0.3) is 22.2 Å². The lowest BCUT2D eigenvalue weighted by Crippen LogP contribution is -1.81. The van der Waals surface area contributed by atoms with Crippen molar-refractivity contribution in [3.8, 4) is 11.3 Å². The highest BCUT2D eigenvalue weighted by Crippen LogP contribution is 2.33. The molecule has 0 spiro atoms. The molecule has 3 heteroatoms. The summed E-state index contributed by atoms with van der Waals surface area (Å²) in [5.41, 5.74) is 4.39. The lowest BCUT2D eigenvalue weighted by Gasteiger charge is -1.99. The number of hydrogen-bond acceptors (Lipinski definition) is 1. The molecule has 1 N–H and O–H groups in total. The number of nitrogens with zero attached hydrogens (tertiary/aromatic N) is 1.